The zero-order chi connectivity index (χ0) is 26.0. The molecule has 2 aliphatic rings. The lowest BCUT2D eigenvalue weighted by Gasteiger charge is -2.18. The number of nitrogens with two attached hydrogens (primary N) is 1. The lowest BCUT2D eigenvalue weighted by Crippen LogP contribution is -2.41. The number of aliphatic imine (C=N–C) groups is 4. The van der Waals surface area contributed by atoms with Crippen molar-refractivity contribution in [3.63, 3.8) is 0 Å². The zero-order valence-electron chi connectivity index (χ0n) is 19.8. The summed E-state index contributed by atoms with van der Waals surface area (Å²) in [6.07, 6.45) is 1.92. The van der Waals surface area contributed by atoms with E-state index in [0.717, 1.165) is 0 Å². The molecular weight excluding hydrogens is 454 g/mol. The third-order valence-corrected chi connectivity index (χ3v) is 4.90. The van der Waals surface area contributed by atoms with Gasteiger partial charge in [0.2, 0.25) is 5.96 Å². The normalized spacial score (nSPS) is 16.9. The van der Waals surface area contributed by atoms with Gasteiger partial charge in [0.1, 0.15) is 11.8 Å². The van der Waals surface area contributed by atoms with Crippen LogP contribution in [-0.2, 0) is 14.4 Å². The van der Waals surface area contributed by atoms with Gasteiger partial charge in [-0.05, 0) is 30.7 Å². The van der Waals surface area contributed by atoms with Gasteiger partial charge in [0.15, 0.2) is 11.9 Å². The molecule has 0 aromatic heterocycles. The summed E-state index contributed by atoms with van der Waals surface area (Å²) in [5, 5.41) is 14.8. The molecule has 1 aromatic carbocycles. The summed E-state index contributed by atoms with van der Waals surface area (Å²) < 4.78 is 0. The third-order valence-electron chi connectivity index (χ3n) is 4.90. The number of rotatable bonds is 10. The van der Waals surface area contributed by atoms with E-state index < -0.39 is 29.9 Å². The SMILES string of the molecule is CC.CCC(=O)CCC(NC(=O)c1ccc(NCC2=NC3C(=O)N=C(N)N=C3N=C2)cc1)C(=O)O. The van der Waals surface area contributed by atoms with Crippen molar-refractivity contribution in [2.45, 2.75) is 52.1 Å². The number of carbonyl (C=O) groups is 4. The number of fused-ring (bicyclic) bond motifs is 1. The number of nitrogens with one attached hydrogen (secondary N) is 2. The predicted molar refractivity (Wildman–Crippen MR) is 133 cm³/mol. The molecule has 12 heteroatoms. The summed E-state index contributed by atoms with van der Waals surface area (Å²) in [6, 6.07) is 4.32. The minimum Gasteiger partial charge on any atom is -0.480 e. The summed E-state index contributed by atoms with van der Waals surface area (Å²) in [7, 11) is 0. The number of amidine groups is 1. The van der Waals surface area contributed by atoms with Gasteiger partial charge in [0, 0.05) is 24.1 Å². The fourth-order valence-corrected chi connectivity index (χ4v) is 3.04. The molecule has 0 radical (unpaired) electrons. The molecule has 186 valence electrons. The highest BCUT2D eigenvalue weighted by atomic mass is 16.4. The Morgan fingerprint density at radius 2 is 1.83 bits per heavy atom. The Hall–Kier alpha value is -4.22. The van der Waals surface area contributed by atoms with Gasteiger partial charge in [-0.2, -0.15) is 9.98 Å². The van der Waals surface area contributed by atoms with Crippen LogP contribution in [0.25, 0.3) is 0 Å². The van der Waals surface area contributed by atoms with Crippen molar-refractivity contribution in [3.8, 4) is 0 Å². The largest absolute Gasteiger partial charge is 0.480 e. The van der Waals surface area contributed by atoms with E-state index in [4.69, 9.17) is 5.73 Å². The second kappa shape index (κ2) is 12.9. The van der Waals surface area contributed by atoms with E-state index in [-0.39, 0.29) is 42.5 Å². The Morgan fingerprint density at radius 1 is 1.14 bits per heavy atom. The van der Waals surface area contributed by atoms with Crippen LogP contribution in [0.15, 0.2) is 44.2 Å². The number of carboxylic acid groups (broad SMARTS) is 1. The smallest absolute Gasteiger partial charge is 0.326 e. The van der Waals surface area contributed by atoms with E-state index in [9.17, 15) is 24.3 Å². The molecule has 1 aromatic rings. The Kier molecular flexibility index (Phi) is 9.94. The number of amides is 2. The van der Waals surface area contributed by atoms with Crippen molar-refractivity contribution in [1.29, 1.82) is 0 Å². The first-order chi connectivity index (χ1) is 16.8. The molecule has 0 spiro atoms. The first kappa shape index (κ1) is 27.0. The number of hydrogen-bond acceptors (Lipinski definition) is 9. The van der Waals surface area contributed by atoms with Crippen molar-refractivity contribution in [3.05, 3.63) is 29.8 Å². The second-order valence-electron chi connectivity index (χ2n) is 7.29. The summed E-state index contributed by atoms with van der Waals surface area (Å²) in [4.78, 5) is 63.0. The fraction of sp³-hybridized carbons (Fsp3) is 0.391. The van der Waals surface area contributed by atoms with Gasteiger partial charge in [-0.1, -0.05) is 20.8 Å². The number of nitrogens with zero attached hydrogens (tertiary/aromatic N) is 4. The van der Waals surface area contributed by atoms with Crippen molar-refractivity contribution < 1.29 is 24.3 Å². The van der Waals surface area contributed by atoms with E-state index >= 15 is 0 Å². The number of carboxylic acids is 1. The number of hydrogen-bond donors (Lipinski definition) is 4. The lowest BCUT2D eigenvalue weighted by molar-refractivity contribution is -0.139. The number of carbonyl (C=O) groups excluding carboxylic acids is 3. The Labute approximate surface area is 202 Å². The molecule has 0 saturated heterocycles. The van der Waals surface area contributed by atoms with Crippen LogP contribution < -0.4 is 16.4 Å². The monoisotopic (exact) mass is 483 g/mol. The number of anilines is 1. The van der Waals surface area contributed by atoms with Crippen LogP contribution >= 0.6 is 0 Å². The second-order valence-corrected chi connectivity index (χ2v) is 7.29. The van der Waals surface area contributed by atoms with Crippen LogP contribution in [-0.4, -0.2) is 71.0 Å². The van der Waals surface area contributed by atoms with E-state index in [0.29, 0.717) is 17.8 Å². The molecule has 2 aliphatic heterocycles. The molecule has 3 rings (SSSR count). The van der Waals surface area contributed by atoms with Crippen LogP contribution in [0.4, 0.5) is 5.69 Å². The first-order valence-corrected chi connectivity index (χ1v) is 11.2. The lowest BCUT2D eigenvalue weighted by atomic mass is 10.1. The van der Waals surface area contributed by atoms with Crippen molar-refractivity contribution in [2.75, 3.05) is 11.9 Å². The Morgan fingerprint density at radius 3 is 2.46 bits per heavy atom. The van der Waals surface area contributed by atoms with Gasteiger partial charge in [0.05, 0.1) is 18.5 Å². The van der Waals surface area contributed by atoms with Crippen LogP contribution in [0.2, 0.25) is 0 Å². The van der Waals surface area contributed by atoms with Crippen LogP contribution in [0, 0.1) is 0 Å². The minimum atomic E-state index is -1.20. The Balaban J connectivity index is 0.00000210. The highest BCUT2D eigenvalue weighted by molar-refractivity contribution is 6.38. The summed E-state index contributed by atoms with van der Waals surface area (Å²) in [5.74, 6) is -2.28. The van der Waals surface area contributed by atoms with Crippen LogP contribution in [0.1, 0.15) is 50.4 Å². The molecule has 35 heavy (non-hydrogen) atoms. The molecule has 0 saturated carbocycles. The molecule has 0 aliphatic carbocycles. The fourth-order valence-electron chi connectivity index (χ4n) is 3.04. The van der Waals surface area contributed by atoms with Crippen molar-refractivity contribution >= 4 is 53.0 Å². The number of Topliss-reactive ketones (excluding diaryl/α,β-unsaturated/α-hetero) is 1. The van der Waals surface area contributed by atoms with Crippen molar-refractivity contribution in [1.82, 2.24) is 5.32 Å². The van der Waals surface area contributed by atoms with Crippen molar-refractivity contribution in [2.24, 2.45) is 25.7 Å². The summed E-state index contributed by atoms with van der Waals surface area (Å²) in [6.45, 7) is 5.96. The Bertz CT molecular complexity index is 1090. The topological polar surface area (TPSA) is 188 Å². The number of aliphatic carboxylic acids is 1. The minimum absolute atomic E-state index is 0.0326. The van der Waals surface area contributed by atoms with Crippen LogP contribution in [0.5, 0.6) is 0 Å². The van der Waals surface area contributed by atoms with Gasteiger partial charge < -0.3 is 21.5 Å². The summed E-state index contributed by atoms with van der Waals surface area (Å²) >= 11 is 0. The van der Waals surface area contributed by atoms with Gasteiger partial charge in [0.25, 0.3) is 11.8 Å². The first-order valence-electron chi connectivity index (χ1n) is 11.2. The average Bonchev–Trinajstić information content (AvgIpc) is 2.86. The molecule has 0 fully saturated rings. The van der Waals surface area contributed by atoms with Gasteiger partial charge in [-0.3, -0.25) is 19.4 Å². The van der Waals surface area contributed by atoms with Gasteiger partial charge in [-0.25, -0.2) is 9.79 Å². The maximum absolute atomic E-state index is 12.4. The molecule has 2 amide bonds. The maximum Gasteiger partial charge on any atom is 0.326 e. The molecule has 12 nitrogen and oxygen atoms in total. The molecule has 2 atom stereocenters. The van der Waals surface area contributed by atoms with E-state index in [1.807, 2.05) is 13.8 Å². The zero-order valence-corrected chi connectivity index (χ0v) is 19.8. The molecular formula is C23H29N7O5. The number of benzene rings is 1. The molecule has 2 heterocycles. The highest BCUT2D eigenvalue weighted by Gasteiger charge is 2.30. The highest BCUT2D eigenvalue weighted by Crippen LogP contribution is 2.13. The van der Waals surface area contributed by atoms with E-state index in [2.05, 4.69) is 30.6 Å². The average molecular weight is 484 g/mol. The quantitative estimate of drug-likeness (QED) is 0.385. The standard InChI is InChI=1S/C21H23N7O5.C2H6/c1-2-14(29)7-8-15(20(32)33)26-18(30)11-3-5-12(6-4-11)23-9-13-10-24-17-16(25-13)19(31)28-21(22)27-17;1-2/h3-6,10,15-16,23H,2,7-9H2,1H3,(H,26,30)(H,32,33)(H2,22,28,31);1-2H3. The van der Waals surface area contributed by atoms with E-state index in [1.54, 1.807) is 19.1 Å². The predicted octanol–water partition coefficient (Wildman–Crippen LogP) is 1.21. The maximum atomic E-state index is 12.4. The molecule has 5 N–H and O–H groups in total. The van der Waals surface area contributed by atoms with Crippen LogP contribution in [0.3, 0.4) is 0 Å². The van der Waals surface area contributed by atoms with Gasteiger partial charge in [-0.15, -0.1) is 0 Å². The number of ketones is 1. The third kappa shape index (κ3) is 7.66. The van der Waals surface area contributed by atoms with Gasteiger partial charge >= 0.3 is 5.97 Å². The number of guanidine groups is 1. The summed E-state index contributed by atoms with van der Waals surface area (Å²) in [5.41, 5.74) is 6.90. The molecule has 0 bridgehead atoms. The molecule has 2 unspecified atom stereocenters. The van der Waals surface area contributed by atoms with E-state index in [1.165, 1.54) is 18.3 Å².